The molecular formula is C45H43N9O4. The lowest BCUT2D eigenvalue weighted by molar-refractivity contribution is 0.0383. The molecule has 0 aliphatic carbocycles. The summed E-state index contributed by atoms with van der Waals surface area (Å²) in [4.78, 5) is 37.9. The number of rotatable bonds is 12. The maximum Gasteiger partial charge on any atom is 0.324 e. The summed E-state index contributed by atoms with van der Waals surface area (Å²) in [5.74, 6) is 1.53. The van der Waals surface area contributed by atoms with Gasteiger partial charge in [-0.15, -0.1) is 0 Å². The van der Waals surface area contributed by atoms with Crippen molar-refractivity contribution in [3.63, 3.8) is 0 Å². The first-order valence-corrected chi connectivity index (χ1v) is 19.1. The van der Waals surface area contributed by atoms with Crippen LogP contribution in [0.1, 0.15) is 21.5 Å². The number of hydrogen-bond acceptors (Lipinski definition) is 9. The Bertz CT molecular complexity index is 2550. The number of aromatic nitrogens is 4. The van der Waals surface area contributed by atoms with Crippen molar-refractivity contribution in [3.8, 4) is 28.6 Å². The third-order valence-corrected chi connectivity index (χ3v) is 9.69. The third kappa shape index (κ3) is 9.13. The Hall–Kier alpha value is -7.09. The van der Waals surface area contributed by atoms with Gasteiger partial charge in [0.05, 0.1) is 30.3 Å². The zero-order chi connectivity index (χ0) is 39.8. The molecule has 0 saturated carbocycles. The molecule has 1 aliphatic heterocycles. The van der Waals surface area contributed by atoms with Gasteiger partial charge >= 0.3 is 6.03 Å². The average Bonchev–Trinajstić information content (AvgIpc) is 3.66. The predicted molar refractivity (Wildman–Crippen MR) is 226 cm³/mol. The van der Waals surface area contributed by atoms with Crippen LogP contribution in [0.4, 0.5) is 27.9 Å². The fourth-order valence-corrected chi connectivity index (χ4v) is 6.78. The number of carbonyl (C=O) groups excluding carboxylic acids is 2. The van der Waals surface area contributed by atoms with Crippen molar-refractivity contribution in [3.05, 3.63) is 144 Å². The fourth-order valence-electron chi connectivity index (χ4n) is 6.78. The lowest BCUT2D eigenvalue weighted by Gasteiger charge is -2.26. The van der Waals surface area contributed by atoms with E-state index in [1.165, 1.54) is 0 Å². The molecule has 1 fully saturated rings. The van der Waals surface area contributed by atoms with E-state index < -0.39 is 6.03 Å². The molecule has 0 atom stereocenters. The van der Waals surface area contributed by atoms with Crippen molar-refractivity contribution < 1.29 is 19.1 Å². The van der Waals surface area contributed by atoms with Crippen LogP contribution in [-0.4, -0.2) is 76.0 Å². The lowest BCUT2D eigenvalue weighted by atomic mass is 10.1. The molecule has 2 aromatic heterocycles. The molecule has 5 aromatic carbocycles. The first kappa shape index (κ1) is 37.8. The molecule has 13 nitrogen and oxygen atoms in total. The minimum absolute atomic E-state index is 0.147. The maximum atomic E-state index is 13.6. The molecule has 3 amide bonds. The fraction of sp³-hybridized carbons (Fsp3) is 0.178. The second kappa shape index (κ2) is 17.4. The molecule has 58 heavy (non-hydrogen) atoms. The second-order valence-corrected chi connectivity index (χ2v) is 14.0. The Labute approximate surface area is 336 Å². The number of anilines is 4. The average molecular weight is 774 g/mol. The topological polar surface area (TPSA) is 148 Å². The molecule has 0 bridgehead atoms. The van der Waals surface area contributed by atoms with Crippen LogP contribution in [0, 0.1) is 13.8 Å². The minimum atomic E-state index is -0.428. The van der Waals surface area contributed by atoms with Crippen molar-refractivity contribution in [1.29, 1.82) is 0 Å². The number of benzene rings is 5. The highest BCUT2D eigenvalue weighted by Gasteiger charge is 2.17. The van der Waals surface area contributed by atoms with Gasteiger partial charge in [0.15, 0.2) is 0 Å². The van der Waals surface area contributed by atoms with Crippen LogP contribution in [0.15, 0.2) is 128 Å². The van der Waals surface area contributed by atoms with E-state index in [1.54, 1.807) is 35.1 Å². The zero-order valence-corrected chi connectivity index (χ0v) is 32.2. The SMILES string of the molecule is Cc1ccc(-n2nc(-c3ccccc3)cc2NC(=O)Nc2ccc(Oc3ccnc(Nc4cc(C)cc(C(=O)NCCN5CCOCC5)c4)n3)c3ccccc23)cc1. The molecular weight excluding hydrogens is 731 g/mol. The van der Waals surface area contributed by atoms with Gasteiger partial charge in [0, 0.05) is 72.1 Å². The molecule has 13 heteroatoms. The molecule has 7 aromatic rings. The number of urea groups is 1. The van der Waals surface area contributed by atoms with E-state index in [0.717, 1.165) is 71.7 Å². The smallest absolute Gasteiger partial charge is 0.324 e. The molecule has 0 spiro atoms. The first-order valence-electron chi connectivity index (χ1n) is 19.1. The summed E-state index contributed by atoms with van der Waals surface area (Å²) >= 11 is 0. The monoisotopic (exact) mass is 773 g/mol. The molecule has 1 aliphatic rings. The summed E-state index contributed by atoms with van der Waals surface area (Å²) < 4.78 is 13.5. The summed E-state index contributed by atoms with van der Waals surface area (Å²) in [5.41, 5.74) is 6.33. The largest absolute Gasteiger partial charge is 0.438 e. The van der Waals surface area contributed by atoms with E-state index >= 15 is 0 Å². The Balaban J connectivity index is 0.958. The number of aryl methyl sites for hydroxylation is 2. The molecule has 3 heterocycles. The highest BCUT2D eigenvalue weighted by atomic mass is 16.5. The number of amides is 3. The number of morpholine rings is 1. The summed E-state index contributed by atoms with van der Waals surface area (Å²) in [6, 6.07) is 37.7. The Morgan fingerprint density at radius 2 is 1.57 bits per heavy atom. The van der Waals surface area contributed by atoms with Crippen molar-refractivity contribution in [2.75, 3.05) is 55.3 Å². The zero-order valence-electron chi connectivity index (χ0n) is 32.2. The Morgan fingerprint density at radius 1 is 0.793 bits per heavy atom. The highest BCUT2D eigenvalue weighted by Crippen LogP contribution is 2.35. The number of hydrogen-bond donors (Lipinski definition) is 4. The van der Waals surface area contributed by atoms with E-state index in [1.807, 2.05) is 111 Å². The predicted octanol–water partition coefficient (Wildman–Crippen LogP) is 8.34. The maximum absolute atomic E-state index is 13.6. The third-order valence-electron chi connectivity index (χ3n) is 9.69. The number of nitrogens with zero attached hydrogens (tertiary/aromatic N) is 5. The summed E-state index contributed by atoms with van der Waals surface area (Å²) in [6.45, 7) is 8.46. The molecule has 4 N–H and O–H groups in total. The van der Waals surface area contributed by atoms with Crippen molar-refractivity contribution in [2.24, 2.45) is 0 Å². The summed E-state index contributed by atoms with van der Waals surface area (Å²) in [7, 11) is 0. The van der Waals surface area contributed by atoms with Gasteiger partial charge in [-0.3, -0.25) is 15.0 Å². The van der Waals surface area contributed by atoms with Crippen molar-refractivity contribution in [2.45, 2.75) is 13.8 Å². The Morgan fingerprint density at radius 3 is 2.38 bits per heavy atom. The molecule has 0 unspecified atom stereocenters. The minimum Gasteiger partial charge on any atom is -0.438 e. The number of carbonyl (C=O) groups is 2. The van der Waals surface area contributed by atoms with E-state index in [2.05, 4.69) is 36.1 Å². The van der Waals surface area contributed by atoms with Crippen LogP contribution >= 0.6 is 0 Å². The van der Waals surface area contributed by atoms with Crippen LogP contribution < -0.4 is 26.0 Å². The number of nitrogens with one attached hydrogen (secondary N) is 4. The van der Waals surface area contributed by atoms with Crippen LogP contribution in [0.5, 0.6) is 11.6 Å². The van der Waals surface area contributed by atoms with Gasteiger partial charge in [-0.1, -0.05) is 72.3 Å². The summed E-state index contributed by atoms with van der Waals surface area (Å²) in [6.07, 6.45) is 1.60. The number of ether oxygens (including phenoxy) is 2. The van der Waals surface area contributed by atoms with Crippen molar-refractivity contribution >= 4 is 45.9 Å². The molecule has 8 rings (SSSR count). The van der Waals surface area contributed by atoms with Gasteiger partial charge in [-0.2, -0.15) is 10.1 Å². The molecule has 0 radical (unpaired) electrons. The van der Waals surface area contributed by atoms with Gasteiger partial charge in [0.1, 0.15) is 11.6 Å². The van der Waals surface area contributed by atoms with Crippen LogP contribution in [0.25, 0.3) is 27.7 Å². The standard InChI is InChI=1S/C45H43N9O4/c1-30-12-14-35(15-13-30)54-41(29-39(52-54)32-8-4-3-5-9-32)50-45(56)49-38-16-17-40(37-11-7-6-10-36(37)38)58-42-18-19-47-44(51-42)48-34-27-31(2)26-33(28-34)43(55)46-20-21-53-22-24-57-25-23-53/h3-19,26-29H,20-25H2,1-2H3,(H,46,55)(H,47,48,51)(H2,49,50,56). The first-order chi connectivity index (χ1) is 28.3. The van der Waals surface area contributed by atoms with Crippen LogP contribution in [-0.2, 0) is 4.74 Å². The van der Waals surface area contributed by atoms with Crippen LogP contribution in [0.3, 0.4) is 0 Å². The van der Waals surface area contributed by atoms with Gasteiger partial charge in [-0.25, -0.2) is 14.5 Å². The molecule has 292 valence electrons. The van der Waals surface area contributed by atoms with Crippen molar-refractivity contribution in [1.82, 2.24) is 30.0 Å². The highest BCUT2D eigenvalue weighted by molar-refractivity contribution is 6.07. The van der Waals surface area contributed by atoms with Crippen LogP contribution in [0.2, 0.25) is 0 Å². The second-order valence-electron chi connectivity index (χ2n) is 14.0. The quantitative estimate of drug-likeness (QED) is 0.0962. The van der Waals surface area contributed by atoms with E-state index in [-0.39, 0.29) is 5.91 Å². The van der Waals surface area contributed by atoms with E-state index in [4.69, 9.17) is 14.6 Å². The molecule has 1 saturated heterocycles. The van der Waals surface area contributed by atoms with Gasteiger partial charge in [0.25, 0.3) is 5.91 Å². The normalized spacial score (nSPS) is 12.9. The van der Waals surface area contributed by atoms with Gasteiger partial charge in [0.2, 0.25) is 11.8 Å². The van der Waals surface area contributed by atoms with E-state index in [9.17, 15) is 9.59 Å². The number of fused-ring (bicyclic) bond motifs is 1. The van der Waals surface area contributed by atoms with Gasteiger partial charge < -0.3 is 25.4 Å². The Kier molecular flexibility index (Phi) is 11.3. The summed E-state index contributed by atoms with van der Waals surface area (Å²) in [5, 5.41) is 18.7. The lowest BCUT2D eigenvalue weighted by Crippen LogP contribution is -2.41. The van der Waals surface area contributed by atoms with E-state index in [0.29, 0.717) is 46.9 Å². The van der Waals surface area contributed by atoms with Gasteiger partial charge in [-0.05, 0) is 61.9 Å².